The minimum absolute atomic E-state index is 0.0998. The van der Waals surface area contributed by atoms with Gasteiger partial charge in [-0.25, -0.2) is 0 Å². The van der Waals surface area contributed by atoms with Gasteiger partial charge in [-0.2, -0.15) is 0 Å². The lowest BCUT2D eigenvalue weighted by Crippen LogP contribution is -2.51. The number of carbonyl (C=O) groups is 2. The normalized spacial score (nSPS) is 24.4. The Balaban J connectivity index is 1.64. The average molecular weight is 457 g/mol. The van der Waals surface area contributed by atoms with E-state index in [0.717, 1.165) is 37.0 Å². The number of nitrogens with zero attached hydrogens (tertiary/aromatic N) is 1. The predicted molar refractivity (Wildman–Crippen MR) is 124 cm³/mol. The van der Waals surface area contributed by atoms with Gasteiger partial charge >= 0.3 is 0 Å². The van der Waals surface area contributed by atoms with Crippen LogP contribution in [0, 0.1) is 0 Å². The molecular weight excluding hydrogens is 428 g/mol. The van der Waals surface area contributed by atoms with Gasteiger partial charge in [0.25, 0.3) is 0 Å². The molecule has 0 bridgehead atoms. The second kappa shape index (κ2) is 8.75. The molecule has 0 aromatic heterocycles. The van der Waals surface area contributed by atoms with E-state index in [-0.39, 0.29) is 24.8 Å². The van der Waals surface area contributed by atoms with Crippen LogP contribution in [0.25, 0.3) is 0 Å². The fourth-order valence-corrected chi connectivity index (χ4v) is 5.27. The molecule has 170 valence electrons. The van der Waals surface area contributed by atoms with E-state index in [0.29, 0.717) is 10.7 Å². The van der Waals surface area contributed by atoms with Crippen molar-refractivity contribution in [3.8, 4) is 5.75 Å². The van der Waals surface area contributed by atoms with Crippen LogP contribution in [0.15, 0.2) is 48.5 Å². The molecule has 2 atom stereocenters. The minimum Gasteiger partial charge on any atom is -0.497 e. The molecule has 0 spiro atoms. The van der Waals surface area contributed by atoms with E-state index in [9.17, 15) is 14.7 Å². The van der Waals surface area contributed by atoms with Gasteiger partial charge in [0.1, 0.15) is 11.8 Å². The molecular formula is C25H29ClN2O4. The zero-order valence-electron chi connectivity index (χ0n) is 18.4. The van der Waals surface area contributed by atoms with Crippen molar-refractivity contribution in [2.24, 2.45) is 0 Å². The summed E-state index contributed by atoms with van der Waals surface area (Å²) in [6, 6.07) is 13.8. The number of amides is 2. The molecule has 7 heteroatoms. The second-order valence-corrected chi connectivity index (χ2v) is 9.54. The number of halogens is 1. The van der Waals surface area contributed by atoms with Gasteiger partial charge in [0.05, 0.1) is 35.4 Å². The predicted octanol–water partition coefficient (Wildman–Crippen LogP) is 4.15. The number of hydrogen-bond donors (Lipinski definition) is 2. The lowest BCUT2D eigenvalue weighted by atomic mass is 9.77. The van der Waals surface area contributed by atoms with E-state index in [1.54, 1.807) is 43.2 Å². The molecule has 0 unspecified atom stereocenters. The van der Waals surface area contributed by atoms with Gasteiger partial charge in [-0.3, -0.25) is 9.59 Å². The van der Waals surface area contributed by atoms with Gasteiger partial charge in [0, 0.05) is 6.42 Å². The van der Waals surface area contributed by atoms with Crippen LogP contribution >= 0.6 is 11.6 Å². The van der Waals surface area contributed by atoms with Gasteiger partial charge in [0.2, 0.25) is 11.8 Å². The van der Waals surface area contributed by atoms with Crippen LogP contribution in [0.3, 0.4) is 0 Å². The van der Waals surface area contributed by atoms with Gasteiger partial charge < -0.3 is 20.1 Å². The van der Waals surface area contributed by atoms with E-state index in [4.69, 9.17) is 16.3 Å². The highest BCUT2D eigenvalue weighted by Crippen LogP contribution is 2.45. The highest BCUT2D eigenvalue weighted by molar-refractivity contribution is 6.33. The second-order valence-electron chi connectivity index (χ2n) is 9.14. The van der Waals surface area contributed by atoms with Crippen LogP contribution in [-0.4, -0.2) is 47.1 Å². The fourth-order valence-electron chi connectivity index (χ4n) is 5.08. The van der Waals surface area contributed by atoms with Crippen LogP contribution in [0.1, 0.15) is 44.6 Å². The number of rotatable bonds is 5. The van der Waals surface area contributed by atoms with Gasteiger partial charge in [-0.15, -0.1) is 0 Å². The number of benzene rings is 2. The summed E-state index contributed by atoms with van der Waals surface area (Å²) in [5, 5.41) is 14.1. The zero-order chi connectivity index (χ0) is 22.9. The molecule has 2 aliphatic rings. The zero-order valence-corrected chi connectivity index (χ0v) is 19.2. The maximum atomic E-state index is 14.0. The number of nitrogens with one attached hydrogen (secondary N) is 1. The van der Waals surface area contributed by atoms with Gasteiger partial charge in [-0.05, 0) is 49.6 Å². The molecule has 2 N–H and O–H groups in total. The van der Waals surface area contributed by atoms with E-state index >= 15 is 0 Å². The summed E-state index contributed by atoms with van der Waals surface area (Å²) in [6.45, 7) is 1.79. The van der Waals surface area contributed by atoms with Crippen molar-refractivity contribution >= 4 is 29.1 Å². The molecule has 1 heterocycles. The summed E-state index contributed by atoms with van der Waals surface area (Å²) in [7, 11) is 1.61. The largest absolute Gasteiger partial charge is 0.497 e. The van der Waals surface area contributed by atoms with Crippen molar-refractivity contribution in [2.75, 3.05) is 19.0 Å². The number of ether oxygens (including phenoxy) is 1. The first kappa shape index (κ1) is 22.6. The molecule has 0 radical (unpaired) electrons. The summed E-state index contributed by atoms with van der Waals surface area (Å²) in [5.41, 5.74) is -0.422. The molecule has 2 amide bonds. The lowest BCUT2D eigenvalue weighted by Gasteiger charge is -2.35. The number of carbonyl (C=O) groups excluding carboxylic acids is 2. The Bertz CT molecular complexity index is 999. The molecule has 2 aromatic rings. The SMILES string of the molecule is COc1ccc(C2(C(=O)N3C[C@](C)(O)C[C@@H]3C(=O)Nc3ccccc3Cl)CCCC2)cc1. The van der Waals surface area contributed by atoms with E-state index in [1.165, 1.54) is 0 Å². The summed E-state index contributed by atoms with van der Waals surface area (Å²) in [4.78, 5) is 28.8. The first-order valence-electron chi connectivity index (χ1n) is 11.0. The first-order valence-corrected chi connectivity index (χ1v) is 11.4. The fraction of sp³-hybridized carbons (Fsp3) is 0.440. The summed E-state index contributed by atoms with van der Waals surface area (Å²) < 4.78 is 5.27. The molecule has 1 saturated heterocycles. The van der Waals surface area contributed by atoms with Crippen molar-refractivity contribution in [3.63, 3.8) is 0 Å². The molecule has 1 aliphatic heterocycles. The Labute approximate surface area is 193 Å². The Morgan fingerprint density at radius 2 is 1.78 bits per heavy atom. The number of anilines is 1. The Morgan fingerprint density at radius 3 is 2.41 bits per heavy atom. The number of hydrogen-bond acceptors (Lipinski definition) is 4. The third-order valence-corrected chi connectivity index (χ3v) is 7.05. The highest BCUT2D eigenvalue weighted by Gasteiger charge is 2.52. The molecule has 1 saturated carbocycles. The third-order valence-electron chi connectivity index (χ3n) is 6.72. The molecule has 6 nitrogen and oxygen atoms in total. The minimum atomic E-state index is -1.14. The van der Waals surface area contributed by atoms with Crippen molar-refractivity contribution in [3.05, 3.63) is 59.1 Å². The van der Waals surface area contributed by atoms with E-state index in [1.807, 2.05) is 24.3 Å². The molecule has 2 fully saturated rings. The quantitative estimate of drug-likeness (QED) is 0.708. The standard InChI is InChI=1S/C25H29ClN2O4/c1-24(31)15-21(22(29)27-20-8-4-3-7-19(20)26)28(16-24)23(30)25(13-5-6-14-25)17-9-11-18(32-2)12-10-17/h3-4,7-12,21,31H,5-6,13-16H2,1-2H3,(H,27,29)/t21-,24-/m1/s1. The number of para-hydroxylation sites is 1. The van der Waals surface area contributed by atoms with Gasteiger partial charge in [0.15, 0.2) is 0 Å². The van der Waals surface area contributed by atoms with Crippen molar-refractivity contribution in [1.82, 2.24) is 4.90 Å². The molecule has 4 rings (SSSR count). The molecule has 32 heavy (non-hydrogen) atoms. The number of likely N-dealkylation sites (tertiary alicyclic amines) is 1. The summed E-state index contributed by atoms with van der Waals surface area (Å²) in [5.74, 6) is 0.291. The maximum Gasteiger partial charge on any atom is 0.247 e. The Hall–Kier alpha value is -2.57. The highest BCUT2D eigenvalue weighted by atomic mass is 35.5. The summed E-state index contributed by atoms with van der Waals surface area (Å²) >= 11 is 6.21. The molecule has 2 aromatic carbocycles. The van der Waals surface area contributed by atoms with Crippen molar-refractivity contribution < 1.29 is 19.4 Å². The summed E-state index contributed by atoms with van der Waals surface area (Å²) in [6.07, 6.45) is 3.50. The smallest absolute Gasteiger partial charge is 0.247 e. The van der Waals surface area contributed by atoms with Crippen molar-refractivity contribution in [1.29, 1.82) is 0 Å². The van der Waals surface area contributed by atoms with Crippen LogP contribution in [0.5, 0.6) is 5.75 Å². The average Bonchev–Trinajstić information content (AvgIpc) is 3.40. The maximum absolute atomic E-state index is 14.0. The van der Waals surface area contributed by atoms with Crippen LogP contribution in [0.2, 0.25) is 5.02 Å². The Kier molecular flexibility index (Phi) is 6.19. The van der Waals surface area contributed by atoms with Gasteiger partial charge in [-0.1, -0.05) is 48.7 Å². The van der Waals surface area contributed by atoms with Crippen LogP contribution < -0.4 is 10.1 Å². The monoisotopic (exact) mass is 456 g/mol. The number of methoxy groups -OCH3 is 1. The topological polar surface area (TPSA) is 78.9 Å². The molecule has 1 aliphatic carbocycles. The first-order chi connectivity index (χ1) is 15.3. The van der Waals surface area contributed by atoms with Crippen LogP contribution in [-0.2, 0) is 15.0 Å². The number of β-amino-alcohol motifs (C(OH)–C–C–N with tert-alkyl or cyclic N) is 1. The van der Waals surface area contributed by atoms with E-state index < -0.39 is 17.1 Å². The lowest BCUT2D eigenvalue weighted by molar-refractivity contribution is -0.142. The van der Waals surface area contributed by atoms with E-state index in [2.05, 4.69) is 5.32 Å². The number of aliphatic hydroxyl groups is 1. The van der Waals surface area contributed by atoms with Crippen LogP contribution in [0.4, 0.5) is 5.69 Å². The van der Waals surface area contributed by atoms with Crippen molar-refractivity contribution in [2.45, 2.75) is 56.1 Å². The Morgan fingerprint density at radius 1 is 1.12 bits per heavy atom. The third kappa shape index (κ3) is 4.21.